The number of thioether (sulfide) groups is 1. The number of aliphatic carboxylic acids is 1. The third-order valence-electron chi connectivity index (χ3n) is 6.39. The summed E-state index contributed by atoms with van der Waals surface area (Å²) in [6, 6.07) is -0.961. The fourth-order valence-corrected chi connectivity index (χ4v) is 4.96. The molecule has 0 aromatic heterocycles. The first-order chi connectivity index (χ1) is 16.5. The second kappa shape index (κ2) is 20.7. The number of nitrogens with one attached hydrogen (secondary N) is 1. The molecule has 0 saturated heterocycles. The first kappa shape index (κ1) is 33.5. The van der Waals surface area contributed by atoms with Crippen LogP contribution >= 0.6 is 11.8 Å². The van der Waals surface area contributed by atoms with E-state index in [1.807, 2.05) is 0 Å². The molecule has 204 valence electrons. The van der Waals surface area contributed by atoms with Gasteiger partial charge in [-0.3, -0.25) is 9.59 Å². The molecule has 7 heteroatoms. The highest BCUT2D eigenvalue weighted by atomic mass is 32.2. The Balaban J connectivity index is 4.01. The van der Waals surface area contributed by atoms with Crippen LogP contribution in [0.5, 0.6) is 0 Å². The molecule has 0 aliphatic rings. The van der Waals surface area contributed by atoms with Crippen LogP contribution in [0.15, 0.2) is 11.6 Å². The zero-order valence-corrected chi connectivity index (χ0v) is 23.9. The summed E-state index contributed by atoms with van der Waals surface area (Å²) >= 11 is 1.49. The number of ether oxygens (including phenoxy) is 1. The number of carbonyl (C=O) groups is 3. The Hall–Kier alpha value is -1.50. The summed E-state index contributed by atoms with van der Waals surface area (Å²) in [5.74, 6) is 1.43. The van der Waals surface area contributed by atoms with Crippen LogP contribution in [0.2, 0.25) is 0 Å². The van der Waals surface area contributed by atoms with Crippen molar-refractivity contribution in [2.45, 2.75) is 111 Å². The molecule has 0 bridgehead atoms. The van der Waals surface area contributed by atoms with Gasteiger partial charge in [0.15, 0.2) is 0 Å². The predicted molar refractivity (Wildman–Crippen MR) is 147 cm³/mol. The number of carbonyl (C=O) groups excluding carboxylic acids is 2. The molecule has 6 nitrogen and oxygen atoms in total. The summed E-state index contributed by atoms with van der Waals surface area (Å²) in [5, 5.41) is 11.8. The molecule has 0 saturated carbocycles. The van der Waals surface area contributed by atoms with E-state index < -0.39 is 23.9 Å². The number of carboxylic acids is 1. The van der Waals surface area contributed by atoms with E-state index in [0.29, 0.717) is 0 Å². The van der Waals surface area contributed by atoms with Crippen molar-refractivity contribution >= 4 is 29.6 Å². The maximum atomic E-state index is 11.9. The zero-order chi connectivity index (χ0) is 26.6. The van der Waals surface area contributed by atoms with Crippen molar-refractivity contribution in [1.29, 1.82) is 0 Å². The van der Waals surface area contributed by atoms with Gasteiger partial charge in [-0.1, -0.05) is 84.3 Å². The van der Waals surface area contributed by atoms with Gasteiger partial charge in [-0.05, 0) is 37.5 Å². The molecule has 0 aromatic rings. The summed E-state index contributed by atoms with van der Waals surface area (Å²) < 4.78 is 4.49. The number of rotatable bonds is 21. The van der Waals surface area contributed by atoms with Gasteiger partial charge in [0.1, 0.15) is 6.04 Å². The number of allylic oxidation sites excluding steroid dienone is 1. The second-order valence-electron chi connectivity index (χ2n) is 10.5. The fourth-order valence-electron chi connectivity index (χ4n) is 3.96. The van der Waals surface area contributed by atoms with Crippen LogP contribution in [0.1, 0.15) is 105 Å². The van der Waals surface area contributed by atoms with Gasteiger partial charge in [0.25, 0.3) is 0 Å². The van der Waals surface area contributed by atoms with Gasteiger partial charge < -0.3 is 15.2 Å². The maximum Gasteiger partial charge on any atom is 0.327 e. The fraction of sp³-hybridized carbons (Fsp3) is 0.821. The molecule has 0 aromatic carbocycles. The van der Waals surface area contributed by atoms with Gasteiger partial charge in [-0.2, -0.15) is 11.8 Å². The second-order valence-corrected chi connectivity index (χ2v) is 11.6. The van der Waals surface area contributed by atoms with Crippen molar-refractivity contribution in [2.24, 2.45) is 17.8 Å². The molecule has 2 N–H and O–H groups in total. The molecule has 35 heavy (non-hydrogen) atoms. The molecular formula is C28H51NO5S. The van der Waals surface area contributed by atoms with Gasteiger partial charge >= 0.3 is 11.9 Å². The molecule has 0 fully saturated rings. The molecule has 1 amide bonds. The summed E-state index contributed by atoms with van der Waals surface area (Å²) in [5.41, 5.74) is 1.33. The van der Waals surface area contributed by atoms with Gasteiger partial charge in [0.2, 0.25) is 5.91 Å². The largest absolute Gasteiger partial charge is 0.480 e. The van der Waals surface area contributed by atoms with E-state index in [4.69, 9.17) is 0 Å². The van der Waals surface area contributed by atoms with Crippen LogP contribution in [0, 0.1) is 17.8 Å². The van der Waals surface area contributed by atoms with E-state index in [9.17, 15) is 19.5 Å². The van der Waals surface area contributed by atoms with E-state index in [-0.39, 0.29) is 18.6 Å². The van der Waals surface area contributed by atoms with Crippen molar-refractivity contribution < 1.29 is 24.2 Å². The van der Waals surface area contributed by atoms with E-state index in [0.717, 1.165) is 29.9 Å². The minimum atomic E-state index is -1.07. The summed E-state index contributed by atoms with van der Waals surface area (Å²) in [6.07, 6.45) is 13.6. The van der Waals surface area contributed by atoms with Crippen molar-refractivity contribution in [2.75, 3.05) is 18.6 Å². The highest BCUT2D eigenvalue weighted by Gasteiger charge is 2.20. The van der Waals surface area contributed by atoms with Crippen molar-refractivity contribution in [3.8, 4) is 0 Å². The molecular weight excluding hydrogens is 462 g/mol. The molecule has 0 aliphatic heterocycles. The van der Waals surface area contributed by atoms with Crippen LogP contribution < -0.4 is 5.32 Å². The number of hydrogen-bond donors (Lipinski definition) is 2. The first-order valence-corrected chi connectivity index (χ1v) is 14.5. The minimum Gasteiger partial charge on any atom is -0.480 e. The van der Waals surface area contributed by atoms with Gasteiger partial charge in [-0.25, -0.2) is 4.79 Å². The predicted octanol–water partition coefficient (Wildman–Crippen LogP) is 6.63. The van der Waals surface area contributed by atoms with Crippen molar-refractivity contribution in [3.63, 3.8) is 0 Å². The Morgan fingerprint density at radius 3 is 2.00 bits per heavy atom. The molecule has 0 heterocycles. The van der Waals surface area contributed by atoms with Crippen molar-refractivity contribution in [1.82, 2.24) is 5.32 Å². The van der Waals surface area contributed by atoms with E-state index in [1.165, 1.54) is 75.8 Å². The van der Waals surface area contributed by atoms with Crippen LogP contribution in [0.4, 0.5) is 0 Å². The van der Waals surface area contributed by atoms with Crippen molar-refractivity contribution in [3.05, 3.63) is 11.6 Å². The number of methoxy groups -OCH3 is 1. The normalized spacial score (nSPS) is 14.4. The third-order valence-corrected chi connectivity index (χ3v) is 7.36. The molecule has 0 spiro atoms. The lowest BCUT2D eigenvalue weighted by atomic mass is 9.91. The summed E-state index contributed by atoms with van der Waals surface area (Å²) in [6.45, 7) is 11.5. The Kier molecular flexibility index (Phi) is 19.8. The van der Waals surface area contributed by atoms with Crippen LogP contribution in [-0.4, -0.2) is 47.6 Å². The average molecular weight is 514 g/mol. The highest BCUT2D eigenvalue weighted by Crippen LogP contribution is 2.22. The lowest BCUT2D eigenvalue weighted by Crippen LogP contribution is -2.42. The smallest absolute Gasteiger partial charge is 0.327 e. The molecule has 2 unspecified atom stereocenters. The summed E-state index contributed by atoms with van der Waals surface area (Å²) in [7, 11) is 1.25. The number of amides is 1. The number of hydrogen-bond acceptors (Lipinski definition) is 5. The molecule has 0 rings (SSSR count). The zero-order valence-electron chi connectivity index (χ0n) is 23.1. The topological polar surface area (TPSA) is 92.7 Å². The highest BCUT2D eigenvalue weighted by molar-refractivity contribution is 7.99. The van der Waals surface area contributed by atoms with Gasteiger partial charge in [0, 0.05) is 17.9 Å². The molecule has 0 aliphatic carbocycles. The van der Waals surface area contributed by atoms with Crippen LogP contribution in [-0.2, 0) is 19.1 Å². The lowest BCUT2D eigenvalue weighted by molar-refractivity contribution is -0.142. The number of carboxylic acid groups (broad SMARTS) is 1. The Morgan fingerprint density at radius 1 is 0.886 bits per heavy atom. The number of esters is 1. The van der Waals surface area contributed by atoms with Gasteiger partial charge in [0.05, 0.1) is 13.5 Å². The Bertz CT molecular complexity index is 635. The van der Waals surface area contributed by atoms with E-state index >= 15 is 0 Å². The first-order valence-electron chi connectivity index (χ1n) is 13.4. The average Bonchev–Trinajstić information content (AvgIpc) is 2.78. The molecule has 0 radical (unpaired) electrons. The monoisotopic (exact) mass is 513 g/mol. The Morgan fingerprint density at radius 2 is 1.46 bits per heavy atom. The van der Waals surface area contributed by atoms with Crippen LogP contribution in [0.3, 0.4) is 0 Å². The van der Waals surface area contributed by atoms with E-state index in [1.54, 1.807) is 0 Å². The Labute approximate surface area is 218 Å². The van der Waals surface area contributed by atoms with Crippen LogP contribution in [0.25, 0.3) is 0 Å². The quantitative estimate of drug-likeness (QED) is 0.102. The van der Waals surface area contributed by atoms with E-state index in [2.05, 4.69) is 50.7 Å². The lowest BCUT2D eigenvalue weighted by Gasteiger charge is -2.15. The standard InChI is InChI=1S/C28H51NO5S/c1-21(2)10-7-11-22(3)12-8-13-23(4)14-9-15-24(5)18-19-35-20-25(28(32)33)29-26(30)16-17-27(31)34-6/h18,21-23,25H,7-17,19-20H2,1-6H3,(H,29,30)(H,32,33)/t22?,23?,25-/m0/s1. The molecule has 3 atom stereocenters. The van der Waals surface area contributed by atoms with Gasteiger partial charge in [-0.15, -0.1) is 0 Å². The SMILES string of the molecule is COC(=O)CCC(=O)N[C@@H](CSCC=C(C)CCCC(C)CCCC(C)CCCC(C)C)C(=O)O. The summed E-state index contributed by atoms with van der Waals surface area (Å²) in [4.78, 5) is 34.4. The minimum absolute atomic E-state index is 0.0556. The maximum absolute atomic E-state index is 11.9. The third kappa shape index (κ3) is 20.4.